The zero-order valence-corrected chi connectivity index (χ0v) is 19.4. The highest BCUT2D eigenvalue weighted by Crippen LogP contribution is 2.00. The van der Waals surface area contributed by atoms with Gasteiger partial charge in [-0.2, -0.15) is 0 Å². The van der Waals surface area contributed by atoms with E-state index < -0.39 is 0 Å². The average Bonchev–Trinajstić information content (AvgIpc) is 2.69. The van der Waals surface area contributed by atoms with E-state index in [4.69, 9.17) is 0 Å². The van der Waals surface area contributed by atoms with Crippen LogP contribution in [0.25, 0.3) is 0 Å². The van der Waals surface area contributed by atoms with Gasteiger partial charge in [0.15, 0.2) is 0 Å². The third-order valence-electron chi connectivity index (χ3n) is 3.83. The predicted octanol–water partition coefficient (Wildman–Crippen LogP) is 8.74. The van der Waals surface area contributed by atoms with Crippen LogP contribution in [0.5, 0.6) is 0 Å². The summed E-state index contributed by atoms with van der Waals surface area (Å²) in [5, 5.41) is 0. The maximum absolute atomic E-state index is 3.66. The molecule has 3 aromatic carbocycles. The molecule has 0 amide bonds. The van der Waals surface area contributed by atoms with Crippen LogP contribution >= 0.6 is 0 Å². The molecule has 0 saturated carbocycles. The Kier molecular flexibility index (Phi) is 14.5. The highest BCUT2D eigenvalue weighted by Gasteiger charge is 1.80. The first-order chi connectivity index (χ1) is 13.7. The molecule has 0 aliphatic carbocycles. The van der Waals surface area contributed by atoms with Gasteiger partial charge < -0.3 is 0 Å². The van der Waals surface area contributed by atoms with Crippen LogP contribution in [0, 0.1) is 34.6 Å². The molecule has 3 aromatic rings. The van der Waals surface area contributed by atoms with Crippen molar-refractivity contribution in [2.24, 2.45) is 0 Å². The molecule has 0 aromatic heterocycles. The molecule has 0 aliphatic rings. The van der Waals surface area contributed by atoms with Crippen molar-refractivity contribution in [1.82, 2.24) is 0 Å². The molecule has 3 rings (SSSR count). The van der Waals surface area contributed by atoms with E-state index in [1.807, 2.05) is 44.2 Å². The van der Waals surface area contributed by atoms with E-state index in [1.54, 1.807) is 0 Å². The Morgan fingerprint density at radius 3 is 0.966 bits per heavy atom. The van der Waals surface area contributed by atoms with Gasteiger partial charge in [-0.3, -0.25) is 0 Å². The summed E-state index contributed by atoms with van der Waals surface area (Å²) in [6, 6.07) is 27.2. The molecule has 0 bridgehead atoms. The number of benzene rings is 3. The molecule has 0 N–H and O–H groups in total. The quantitative estimate of drug-likeness (QED) is 0.367. The molecule has 154 valence electrons. The Hall–Kier alpha value is -2.86. The molecule has 0 saturated heterocycles. The van der Waals surface area contributed by atoms with Crippen LogP contribution < -0.4 is 0 Å². The van der Waals surface area contributed by atoms with Crippen molar-refractivity contribution in [1.29, 1.82) is 0 Å². The summed E-state index contributed by atoms with van der Waals surface area (Å²) in [4.78, 5) is 0. The minimum atomic E-state index is 1.11. The number of allylic oxidation sites excluding steroid dienone is 3. The monoisotopic (exact) mass is 386 g/mol. The van der Waals surface area contributed by atoms with Crippen LogP contribution in [-0.2, 0) is 0 Å². The van der Waals surface area contributed by atoms with Gasteiger partial charge in [-0.25, -0.2) is 0 Å². The average molecular weight is 387 g/mol. The second-order valence-electron chi connectivity index (χ2n) is 7.31. The van der Waals surface area contributed by atoms with E-state index in [9.17, 15) is 0 Å². The van der Waals surface area contributed by atoms with E-state index >= 15 is 0 Å². The van der Waals surface area contributed by atoms with Gasteiger partial charge in [0, 0.05) is 0 Å². The minimum absolute atomic E-state index is 1.11. The van der Waals surface area contributed by atoms with E-state index in [1.165, 1.54) is 27.8 Å². The lowest BCUT2D eigenvalue weighted by molar-refractivity contribution is 1.40. The van der Waals surface area contributed by atoms with Gasteiger partial charge >= 0.3 is 0 Å². The Balaban J connectivity index is 0.000000363. The lowest BCUT2D eigenvalue weighted by Crippen LogP contribution is -1.70. The largest absolute Gasteiger partial charge is 0.0961 e. The summed E-state index contributed by atoms with van der Waals surface area (Å²) in [6.07, 6.45) is 3.95. The normalized spacial score (nSPS) is 9.21. The second-order valence-corrected chi connectivity index (χ2v) is 7.31. The third-order valence-corrected chi connectivity index (χ3v) is 3.83. The smallest absolute Gasteiger partial charge is 0.0398 e. The summed E-state index contributed by atoms with van der Waals surface area (Å²) in [7, 11) is 0. The van der Waals surface area contributed by atoms with Gasteiger partial charge in [-0.15, -0.1) is 0 Å². The van der Waals surface area contributed by atoms with Crippen molar-refractivity contribution in [2.75, 3.05) is 0 Å². The van der Waals surface area contributed by atoms with Gasteiger partial charge in [-0.05, 0) is 48.5 Å². The standard InChI is InChI=1S/2C8H10.C7H8.C6H10/c2*1-7-3-5-8(2)6-4-7;1-7-5-3-2-4-6-7;1-4-5-6(2)3/h2*3-6H,1-2H3;2-6H,1H3;4-5H,2H2,1,3H3/b;;;5-4-. The van der Waals surface area contributed by atoms with Crippen LogP contribution in [0.15, 0.2) is 103 Å². The van der Waals surface area contributed by atoms with Gasteiger partial charge in [0.25, 0.3) is 0 Å². The van der Waals surface area contributed by atoms with Crippen LogP contribution in [0.4, 0.5) is 0 Å². The lowest BCUT2D eigenvalue weighted by atomic mass is 10.2. The maximum atomic E-state index is 3.66. The molecule has 0 atom stereocenters. The molecule has 0 heteroatoms. The number of hydrogen-bond acceptors (Lipinski definition) is 0. The summed E-state index contributed by atoms with van der Waals surface area (Å²) < 4.78 is 0. The summed E-state index contributed by atoms with van der Waals surface area (Å²) in [5.41, 5.74) is 7.75. The van der Waals surface area contributed by atoms with Gasteiger partial charge in [0.2, 0.25) is 0 Å². The third kappa shape index (κ3) is 17.0. The fourth-order valence-electron chi connectivity index (χ4n) is 2.09. The molecular formula is C29H38. The van der Waals surface area contributed by atoms with Crippen LogP contribution in [0.2, 0.25) is 0 Å². The van der Waals surface area contributed by atoms with E-state index in [2.05, 4.69) is 102 Å². The summed E-state index contributed by atoms with van der Waals surface area (Å²) in [5.74, 6) is 0. The molecular weight excluding hydrogens is 348 g/mol. The Morgan fingerprint density at radius 1 is 0.552 bits per heavy atom. The Morgan fingerprint density at radius 2 is 0.828 bits per heavy atom. The maximum Gasteiger partial charge on any atom is -0.0398 e. The molecule has 0 heterocycles. The van der Waals surface area contributed by atoms with Crippen LogP contribution in [-0.4, -0.2) is 0 Å². The lowest BCUT2D eigenvalue weighted by Gasteiger charge is -1.90. The first-order valence-corrected chi connectivity index (χ1v) is 10.1. The zero-order valence-electron chi connectivity index (χ0n) is 19.4. The molecule has 29 heavy (non-hydrogen) atoms. The van der Waals surface area contributed by atoms with Crippen molar-refractivity contribution in [2.45, 2.75) is 48.5 Å². The number of hydrogen-bond donors (Lipinski definition) is 0. The first kappa shape index (κ1) is 26.1. The molecule has 0 spiro atoms. The minimum Gasteiger partial charge on any atom is -0.0961 e. The number of aryl methyl sites for hydroxylation is 5. The summed E-state index contributed by atoms with van der Waals surface area (Å²) >= 11 is 0. The van der Waals surface area contributed by atoms with E-state index in [-0.39, 0.29) is 0 Å². The second kappa shape index (κ2) is 16.1. The van der Waals surface area contributed by atoms with Crippen molar-refractivity contribution in [3.63, 3.8) is 0 Å². The SMILES string of the molecule is C=C(C)/C=C\C.Cc1ccc(C)cc1.Cc1ccc(C)cc1.Cc1ccccc1. The number of rotatable bonds is 1. The van der Waals surface area contributed by atoms with Gasteiger partial charge in [0.05, 0.1) is 0 Å². The predicted molar refractivity (Wildman–Crippen MR) is 133 cm³/mol. The van der Waals surface area contributed by atoms with Crippen molar-refractivity contribution in [3.05, 3.63) is 131 Å². The van der Waals surface area contributed by atoms with Crippen molar-refractivity contribution >= 4 is 0 Å². The topological polar surface area (TPSA) is 0 Å². The van der Waals surface area contributed by atoms with Crippen molar-refractivity contribution in [3.8, 4) is 0 Å². The fourth-order valence-corrected chi connectivity index (χ4v) is 2.09. The first-order valence-electron chi connectivity index (χ1n) is 10.1. The van der Waals surface area contributed by atoms with E-state index in [0.29, 0.717) is 0 Å². The Labute approximate surface area is 179 Å². The van der Waals surface area contributed by atoms with Crippen molar-refractivity contribution < 1.29 is 0 Å². The highest BCUT2D eigenvalue weighted by atomic mass is 13.9. The highest BCUT2D eigenvalue weighted by molar-refractivity contribution is 5.20. The fraction of sp³-hybridized carbons (Fsp3) is 0.241. The molecule has 0 radical (unpaired) electrons. The van der Waals surface area contributed by atoms with Crippen LogP contribution in [0.1, 0.15) is 41.7 Å². The van der Waals surface area contributed by atoms with Gasteiger partial charge in [-0.1, -0.05) is 131 Å². The molecule has 0 nitrogen and oxygen atoms in total. The molecule has 0 aliphatic heterocycles. The summed E-state index contributed by atoms with van der Waals surface area (Å²) in [6.45, 7) is 18.1. The molecule has 0 unspecified atom stereocenters. The van der Waals surface area contributed by atoms with Gasteiger partial charge in [0.1, 0.15) is 0 Å². The van der Waals surface area contributed by atoms with E-state index in [0.717, 1.165) is 5.57 Å². The zero-order chi connectivity index (χ0) is 22.1. The Bertz CT molecular complexity index is 719. The van der Waals surface area contributed by atoms with Crippen LogP contribution in [0.3, 0.4) is 0 Å². The molecule has 0 fully saturated rings.